The molecule has 0 spiro atoms. The molecule has 0 aliphatic carbocycles. The number of nitrogens with two attached hydrogens (primary N) is 1. The minimum Gasteiger partial charge on any atom is -0.409 e. The fourth-order valence-corrected chi connectivity index (χ4v) is 2.19. The maximum atomic E-state index is 8.50. The first kappa shape index (κ1) is 13.8. The van der Waals surface area contributed by atoms with E-state index in [0.29, 0.717) is 13.0 Å². The van der Waals surface area contributed by atoms with Gasteiger partial charge in [0.25, 0.3) is 0 Å². The molecule has 17 heavy (non-hydrogen) atoms. The van der Waals surface area contributed by atoms with Crippen LogP contribution in [0.5, 0.6) is 0 Å². The second kappa shape index (κ2) is 6.44. The van der Waals surface area contributed by atoms with E-state index in [9.17, 15) is 0 Å². The second-order valence-corrected chi connectivity index (χ2v) is 4.59. The van der Waals surface area contributed by atoms with E-state index in [0.717, 1.165) is 22.4 Å². The lowest BCUT2D eigenvalue weighted by Crippen LogP contribution is -2.29. The van der Waals surface area contributed by atoms with Crippen molar-refractivity contribution in [3.63, 3.8) is 0 Å². The summed E-state index contributed by atoms with van der Waals surface area (Å²) in [5, 5.41) is 11.5. The monoisotopic (exact) mass is 300 g/mol. The van der Waals surface area contributed by atoms with E-state index < -0.39 is 0 Å². The second-order valence-electron chi connectivity index (χ2n) is 3.74. The molecule has 1 aromatic heterocycles. The highest BCUT2D eigenvalue weighted by Gasteiger charge is 2.10. The van der Waals surface area contributed by atoms with E-state index in [-0.39, 0.29) is 5.84 Å². The summed E-state index contributed by atoms with van der Waals surface area (Å²) in [6.45, 7) is 5.52. The molecule has 0 aromatic carbocycles. The Morgan fingerprint density at radius 2 is 2.35 bits per heavy atom. The number of nitrogens with zero attached hydrogens (tertiary/aromatic N) is 3. The summed E-state index contributed by atoms with van der Waals surface area (Å²) >= 11 is 3.50. The molecule has 0 fully saturated rings. The number of aromatic nitrogens is 1. The molecule has 0 unspecified atom stereocenters. The molecule has 0 saturated carbocycles. The Kier molecular flexibility index (Phi) is 5.21. The minimum absolute atomic E-state index is 0.228. The van der Waals surface area contributed by atoms with Crippen LogP contribution in [-0.4, -0.2) is 29.1 Å². The summed E-state index contributed by atoms with van der Waals surface area (Å²) in [7, 11) is 0. The van der Waals surface area contributed by atoms with Crippen molar-refractivity contribution in [2.45, 2.75) is 20.3 Å². The van der Waals surface area contributed by atoms with Gasteiger partial charge in [-0.3, -0.25) is 0 Å². The fraction of sp³-hybridized carbons (Fsp3) is 0.455. The first-order valence-electron chi connectivity index (χ1n) is 5.42. The first-order valence-corrected chi connectivity index (χ1v) is 6.21. The number of hydrogen-bond acceptors (Lipinski definition) is 4. The van der Waals surface area contributed by atoms with Gasteiger partial charge in [-0.05, 0) is 41.4 Å². The zero-order chi connectivity index (χ0) is 12.8. The maximum absolute atomic E-state index is 8.50. The van der Waals surface area contributed by atoms with Crippen LogP contribution < -0.4 is 10.6 Å². The molecule has 1 aromatic rings. The van der Waals surface area contributed by atoms with Gasteiger partial charge in [0.05, 0.1) is 4.47 Å². The van der Waals surface area contributed by atoms with Crippen LogP contribution in [0, 0.1) is 6.92 Å². The van der Waals surface area contributed by atoms with E-state index in [2.05, 4.69) is 31.0 Å². The molecular weight excluding hydrogens is 284 g/mol. The van der Waals surface area contributed by atoms with Gasteiger partial charge in [-0.25, -0.2) is 4.98 Å². The fourth-order valence-electron chi connectivity index (χ4n) is 1.47. The van der Waals surface area contributed by atoms with Crippen molar-refractivity contribution < 1.29 is 5.21 Å². The van der Waals surface area contributed by atoms with Crippen LogP contribution in [0.2, 0.25) is 0 Å². The van der Waals surface area contributed by atoms with E-state index in [1.54, 1.807) is 0 Å². The molecule has 0 aliphatic heterocycles. The molecule has 0 saturated heterocycles. The average molecular weight is 301 g/mol. The molecule has 94 valence electrons. The number of pyridine rings is 1. The number of amidine groups is 1. The first-order chi connectivity index (χ1) is 8.08. The van der Waals surface area contributed by atoms with E-state index in [1.165, 1.54) is 0 Å². The maximum Gasteiger partial charge on any atom is 0.142 e. The zero-order valence-electron chi connectivity index (χ0n) is 10.0. The molecule has 1 heterocycles. The van der Waals surface area contributed by atoms with Crippen molar-refractivity contribution in [2.75, 3.05) is 18.0 Å². The number of oxime groups is 1. The number of rotatable bonds is 5. The van der Waals surface area contributed by atoms with E-state index in [1.807, 2.05) is 26.1 Å². The molecule has 0 atom stereocenters. The molecule has 1 rings (SSSR count). The van der Waals surface area contributed by atoms with Crippen LogP contribution in [-0.2, 0) is 0 Å². The van der Waals surface area contributed by atoms with Gasteiger partial charge >= 0.3 is 0 Å². The summed E-state index contributed by atoms with van der Waals surface area (Å²) in [4.78, 5) is 6.46. The summed E-state index contributed by atoms with van der Waals surface area (Å²) < 4.78 is 0.957. The Hall–Kier alpha value is -1.30. The van der Waals surface area contributed by atoms with Gasteiger partial charge in [-0.2, -0.15) is 0 Å². The van der Waals surface area contributed by atoms with Gasteiger partial charge in [0, 0.05) is 25.7 Å². The van der Waals surface area contributed by atoms with Crippen LogP contribution in [0.25, 0.3) is 0 Å². The smallest absolute Gasteiger partial charge is 0.142 e. The summed E-state index contributed by atoms with van der Waals surface area (Å²) in [6, 6.07) is 2.02. The van der Waals surface area contributed by atoms with Crippen LogP contribution in [0.3, 0.4) is 0 Å². The van der Waals surface area contributed by atoms with Crippen LogP contribution in [0.4, 0.5) is 5.82 Å². The zero-order valence-corrected chi connectivity index (χ0v) is 11.6. The number of halogens is 1. The third kappa shape index (κ3) is 3.89. The van der Waals surface area contributed by atoms with Gasteiger partial charge in [0.15, 0.2) is 0 Å². The van der Waals surface area contributed by atoms with Crippen molar-refractivity contribution >= 4 is 27.6 Å². The highest BCUT2D eigenvalue weighted by atomic mass is 79.9. The number of aryl methyl sites for hydroxylation is 1. The molecule has 0 amide bonds. The molecule has 3 N–H and O–H groups in total. The third-order valence-corrected chi connectivity index (χ3v) is 2.99. The summed E-state index contributed by atoms with van der Waals surface area (Å²) in [5.74, 6) is 1.11. The van der Waals surface area contributed by atoms with Gasteiger partial charge in [0.2, 0.25) is 0 Å². The highest BCUT2D eigenvalue weighted by Crippen LogP contribution is 2.24. The van der Waals surface area contributed by atoms with Crippen molar-refractivity contribution in [2.24, 2.45) is 10.9 Å². The lowest BCUT2D eigenvalue weighted by Gasteiger charge is -2.22. The molecule has 6 heteroatoms. The number of anilines is 1. The van der Waals surface area contributed by atoms with Crippen molar-refractivity contribution in [1.29, 1.82) is 0 Å². The Morgan fingerprint density at radius 1 is 1.65 bits per heavy atom. The van der Waals surface area contributed by atoms with Gasteiger partial charge in [0.1, 0.15) is 11.7 Å². The Morgan fingerprint density at radius 3 is 2.88 bits per heavy atom. The van der Waals surface area contributed by atoms with Crippen molar-refractivity contribution in [3.8, 4) is 0 Å². The third-order valence-electron chi connectivity index (χ3n) is 2.41. The van der Waals surface area contributed by atoms with E-state index >= 15 is 0 Å². The van der Waals surface area contributed by atoms with E-state index in [4.69, 9.17) is 10.9 Å². The van der Waals surface area contributed by atoms with Crippen LogP contribution in [0.15, 0.2) is 21.9 Å². The lowest BCUT2D eigenvalue weighted by atomic mass is 10.3. The molecule has 0 radical (unpaired) electrons. The predicted molar refractivity (Wildman–Crippen MR) is 72.6 cm³/mol. The quantitative estimate of drug-likeness (QED) is 0.378. The summed E-state index contributed by atoms with van der Waals surface area (Å²) in [6.07, 6.45) is 2.33. The van der Waals surface area contributed by atoms with Crippen molar-refractivity contribution in [1.82, 2.24) is 4.98 Å². The van der Waals surface area contributed by atoms with Gasteiger partial charge in [-0.15, -0.1) is 0 Å². The summed E-state index contributed by atoms with van der Waals surface area (Å²) in [5.41, 5.74) is 6.56. The Labute approximate surface area is 109 Å². The largest absolute Gasteiger partial charge is 0.409 e. The van der Waals surface area contributed by atoms with Gasteiger partial charge < -0.3 is 15.8 Å². The molecule has 0 aliphatic rings. The average Bonchev–Trinajstić information content (AvgIpc) is 2.31. The normalized spacial score (nSPS) is 11.6. The topological polar surface area (TPSA) is 74.7 Å². The van der Waals surface area contributed by atoms with Crippen LogP contribution in [0.1, 0.15) is 18.9 Å². The predicted octanol–water partition coefficient (Wildman–Crippen LogP) is 2.12. The highest BCUT2D eigenvalue weighted by molar-refractivity contribution is 9.10. The van der Waals surface area contributed by atoms with Gasteiger partial charge in [-0.1, -0.05) is 5.16 Å². The molecule has 0 bridgehead atoms. The van der Waals surface area contributed by atoms with Crippen molar-refractivity contribution in [3.05, 3.63) is 22.3 Å². The lowest BCUT2D eigenvalue weighted by molar-refractivity contribution is 0.317. The SMILES string of the molecule is CCN(CCC(N)=NO)c1ncc(C)cc1Br. The molecular formula is C11H17BrN4O. The Balaban J connectivity index is 2.79. The molecule has 5 nitrogen and oxygen atoms in total. The minimum atomic E-state index is 0.228. The Bertz CT molecular complexity index is 408. The standard InChI is InChI=1S/C11H17BrN4O/c1-3-16(5-4-10(13)15-17)11-9(12)6-8(2)7-14-11/h6-7,17H,3-5H2,1-2H3,(H2,13,15). The number of hydrogen-bond donors (Lipinski definition) is 2. The van der Waals surface area contributed by atoms with Crippen LogP contribution >= 0.6 is 15.9 Å².